The van der Waals surface area contributed by atoms with E-state index in [0.717, 1.165) is 0 Å². The van der Waals surface area contributed by atoms with Crippen molar-refractivity contribution in [1.29, 1.82) is 0 Å². The molecule has 15 heavy (non-hydrogen) atoms. The summed E-state index contributed by atoms with van der Waals surface area (Å²) in [5.41, 5.74) is 0. The van der Waals surface area contributed by atoms with Crippen LogP contribution >= 0.6 is 0 Å². The minimum Gasteiger partial charge on any atom is -0.415 e. The molecular formula is C5CuF9. The largest absolute Gasteiger partial charge is 1.00 e. The maximum atomic E-state index is 11.9. The molecule has 0 saturated carbocycles. The fourth-order valence-corrected chi connectivity index (χ4v) is 0.345. The topological polar surface area (TPSA) is 0 Å². The molecular weight excluding hydrogens is 295 g/mol. The van der Waals surface area contributed by atoms with Gasteiger partial charge in [0.15, 0.2) is 5.83 Å². The molecule has 0 aliphatic heterocycles. The smallest absolute Gasteiger partial charge is 0.415 e. The number of alkyl halides is 5. The van der Waals surface area contributed by atoms with Gasteiger partial charge in [-0.2, -0.15) is 17.6 Å². The summed E-state index contributed by atoms with van der Waals surface area (Å²) < 4.78 is 103. The quantitative estimate of drug-likeness (QED) is 0.413. The fraction of sp³-hybridized carbons (Fsp3) is 0.400. The molecule has 0 aromatic heterocycles. The van der Waals surface area contributed by atoms with Crippen LogP contribution in [0.2, 0.25) is 0 Å². The summed E-state index contributed by atoms with van der Waals surface area (Å²) >= 11 is 0. The first-order valence-corrected chi connectivity index (χ1v) is 2.70. The molecule has 0 unspecified atom stereocenters. The van der Waals surface area contributed by atoms with Crippen LogP contribution in [0.1, 0.15) is 0 Å². The number of rotatable bonds is 2. The summed E-state index contributed by atoms with van der Waals surface area (Å²) in [7, 11) is 0. The van der Waals surface area contributed by atoms with Crippen LogP contribution in [0.25, 0.3) is 0 Å². The molecule has 94 valence electrons. The van der Waals surface area contributed by atoms with Crippen LogP contribution in [-0.2, 0) is 17.1 Å². The van der Waals surface area contributed by atoms with E-state index in [-0.39, 0.29) is 17.1 Å². The standard InChI is InChI=1S/C5F9.Cu/c6-1(2(7)5(12,13)14)4(10,11)3(8)9;/q-1;+1/b2-1+;. The van der Waals surface area contributed by atoms with Crippen molar-refractivity contribution < 1.29 is 56.6 Å². The van der Waals surface area contributed by atoms with Gasteiger partial charge >= 0.3 is 23.2 Å². The van der Waals surface area contributed by atoms with E-state index in [9.17, 15) is 39.5 Å². The number of halogens is 9. The van der Waals surface area contributed by atoms with Crippen molar-refractivity contribution in [2.75, 3.05) is 0 Å². The first-order chi connectivity index (χ1) is 6.01. The van der Waals surface area contributed by atoms with E-state index in [0.29, 0.717) is 0 Å². The summed E-state index contributed by atoms with van der Waals surface area (Å²) in [5.74, 6) is -13.6. The molecule has 0 N–H and O–H groups in total. The molecule has 0 rings (SSSR count). The van der Waals surface area contributed by atoms with Gasteiger partial charge in [-0.05, 0) is 0 Å². The molecule has 0 nitrogen and oxygen atoms in total. The third-order valence-electron chi connectivity index (χ3n) is 0.955. The Hall–Kier alpha value is -0.371. The Bertz CT molecular complexity index is 239. The van der Waals surface area contributed by atoms with Crippen LogP contribution in [0.4, 0.5) is 39.5 Å². The average molecular weight is 295 g/mol. The van der Waals surface area contributed by atoms with E-state index < -0.39 is 30.2 Å². The molecule has 0 radical (unpaired) electrons. The summed E-state index contributed by atoms with van der Waals surface area (Å²) in [5, 5.41) is 0. The molecule has 0 amide bonds. The third kappa shape index (κ3) is 3.94. The van der Waals surface area contributed by atoms with E-state index in [4.69, 9.17) is 0 Å². The van der Waals surface area contributed by atoms with Crippen molar-refractivity contribution in [2.45, 2.75) is 12.1 Å². The van der Waals surface area contributed by atoms with Gasteiger partial charge in [-0.15, -0.1) is 0 Å². The SMILES string of the molecule is F/C(=C(/F)C(F)(F)[C-](F)F)C(F)(F)F.[Cu+]. The Kier molecular flexibility index (Phi) is 5.80. The van der Waals surface area contributed by atoms with Crippen LogP contribution in [0.5, 0.6) is 0 Å². The normalized spacial score (nSPS) is 14.8. The van der Waals surface area contributed by atoms with Crippen molar-refractivity contribution in [3.8, 4) is 0 Å². The molecule has 0 bridgehead atoms. The third-order valence-corrected chi connectivity index (χ3v) is 0.955. The first-order valence-electron chi connectivity index (χ1n) is 2.70. The Labute approximate surface area is 87.6 Å². The zero-order chi connectivity index (χ0) is 11.7. The second-order valence-corrected chi connectivity index (χ2v) is 1.96. The van der Waals surface area contributed by atoms with Crippen molar-refractivity contribution in [2.24, 2.45) is 0 Å². The van der Waals surface area contributed by atoms with Crippen molar-refractivity contribution in [3.05, 3.63) is 18.1 Å². The maximum absolute atomic E-state index is 11.9. The molecule has 10 heteroatoms. The molecule has 0 aromatic rings. The van der Waals surface area contributed by atoms with Crippen LogP contribution in [0, 0.1) is 6.43 Å². The van der Waals surface area contributed by atoms with E-state index in [1.165, 1.54) is 0 Å². The van der Waals surface area contributed by atoms with Crippen LogP contribution < -0.4 is 0 Å². The van der Waals surface area contributed by atoms with Gasteiger partial charge in [0.2, 0.25) is 11.7 Å². The molecule has 0 aromatic carbocycles. The molecule has 0 saturated heterocycles. The molecule has 0 fully saturated rings. The second-order valence-electron chi connectivity index (χ2n) is 1.96. The van der Waals surface area contributed by atoms with Crippen molar-refractivity contribution in [3.63, 3.8) is 0 Å². The Morgan fingerprint density at radius 1 is 0.800 bits per heavy atom. The predicted octanol–water partition coefficient (Wildman–Crippen LogP) is 3.76. The molecule has 0 spiro atoms. The molecule has 0 aliphatic rings. The summed E-state index contributed by atoms with van der Waals surface area (Å²) in [4.78, 5) is 0. The number of hydrogen-bond acceptors (Lipinski definition) is 0. The van der Waals surface area contributed by atoms with Crippen molar-refractivity contribution >= 4 is 0 Å². The number of hydrogen-bond donors (Lipinski definition) is 0. The van der Waals surface area contributed by atoms with Gasteiger partial charge in [-0.25, -0.2) is 13.2 Å². The average Bonchev–Trinajstić information content (AvgIpc) is 1.99. The summed E-state index contributed by atoms with van der Waals surface area (Å²) in [6.07, 6.45) is -10.0. The minimum absolute atomic E-state index is 0. The van der Waals surface area contributed by atoms with Crippen molar-refractivity contribution in [1.82, 2.24) is 0 Å². The Balaban J connectivity index is 0. The van der Waals surface area contributed by atoms with Crippen LogP contribution in [-0.4, -0.2) is 12.1 Å². The monoisotopic (exact) mass is 294 g/mol. The van der Waals surface area contributed by atoms with Crippen LogP contribution in [0.15, 0.2) is 11.7 Å². The van der Waals surface area contributed by atoms with Gasteiger partial charge in [0.05, 0.1) is 6.43 Å². The van der Waals surface area contributed by atoms with Gasteiger partial charge in [0.1, 0.15) is 0 Å². The zero-order valence-corrected chi connectivity index (χ0v) is 7.14. The molecule has 0 heterocycles. The first kappa shape index (κ1) is 17.0. The van der Waals surface area contributed by atoms with E-state index in [1.54, 1.807) is 0 Å². The Morgan fingerprint density at radius 2 is 1.13 bits per heavy atom. The van der Waals surface area contributed by atoms with Gasteiger partial charge in [0, 0.05) is 0 Å². The van der Waals surface area contributed by atoms with Gasteiger partial charge < -0.3 is 8.78 Å². The second kappa shape index (κ2) is 5.11. The summed E-state index contributed by atoms with van der Waals surface area (Å²) in [6, 6.07) is 0. The summed E-state index contributed by atoms with van der Waals surface area (Å²) in [6.45, 7) is 0. The number of allylic oxidation sites excluding steroid dienone is 2. The van der Waals surface area contributed by atoms with E-state index >= 15 is 0 Å². The van der Waals surface area contributed by atoms with Gasteiger partial charge in [0.25, 0.3) is 0 Å². The van der Waals surface area contributed by atoms with Gasteiger partial charge in [-0.3, -0.25) is 0 Å². The Morgan fingerprint density at radius 3 is 1.33 bits per heavy atom. The fourth-order valence-electron chi connectivity index (χ4n) is 0.345. The predicted molar refractivity (Wildman–Crippen MR) is 25.7 cm³/mol. The minimum atomic E-state index is -6.07. The maximum Gasteiger partial charge on any atom is 1.00 e. The van der Waals surface area contributed by atoms with E-state index in [1.807, 2.05) is 0 Å². The van der Waals surface area contributed by atoms with Crippen LogP contribution in [0.3, 0.4) is 0 Å². The van der Waals surface area contributed by atoms with E-state index in [2.05, 4.69) is 0 Å². The molecule has 0 atom stereocenters. The van der Waals surface area contributed by atoms with Gasteiger partial charge in [-0.1, -0.05) is 0 Å². The molecule has 0 aliphatic carbocycles. The zero-order valence-electron chi connectivity index (χ0n) is 6.20.